The molecule has 2 nitrogen and oxygen atoms in total. The first-order valence-electron chi connectivity index (χ1n) is 5.30. The summed E-state index contributed by atoms with van der Waals surface area (Å²) < 4.78 is 2.13. The average Bonchev–Trinajstić information content (AvgIpc) is 2.55. The molecule has 0 aliphatic carbocycles. The molecule has 0 aliphatic heterocycles. The summed E-state index contributed by atoms with van der Waals surface area (Å²) in [5.74, 6) is 0. The Morgan fingerprint density at radius 1 is 1.12 bits per heavy atom. The van der Waals surface area contributed by atoms with Crippen LogP contribution in [-0.4, -0.2) is 4.57 Å². The van der Waals surface area contributed by atoms with E-state index in [1.54, 1.807) is 0 Å². The fourth-order valence-electron chi connectivity index (χ4n) is 2.06. The van der Waals surface area contributed by atoms with Crippen molar-refractivity contribution in [2.75, 3.05) is 0 Å². The minimum Gasteiger partial charge on any atom is -0.317 e. The number of para-hydroxylation sites is 1. The first kappa shape index (κ1) is 10.5. The van der Waals surface area contributed by atoms with Gasteiger partial charge in [-0.05, 0) is 38.5 Å². The van der Waals surface area contributed by atoms with Gasteiger partial charge in [-0.25, -0.2) is 0 Å². The van der Waals surface area contributed by atoms with Crippen LogP contribution in [0, 0.1) is 32.1 Å². The molecule has 2 heteroatoms. The minimum absolute atomic E-state index is 0.751. The van der Waals surface area contributed by atoms with Crippen LogP contribution in [0.1, 0.15) is 22.5 Å². The van der Waals surface area contributed by atoms with Crippen molar-refractivity contribution in [2.24, 2.45) is 0 Å². The molecule has 0 amide bonds. The smallest absolute Gasteiger partial charge is 0.101 e. The van der Waals surface area contributed by atoms with Crippen LogP contribution in [0.5, 0.6) is 0 Å². The van der Waals surface area contributed by atoms with Gasteiger partial charge in [0.15, 0.2) is 0 Å². The molecule has 16 heavy (non-hydrogen) atoms. The monoisotopic (exact) mass is 210 g/mol. The van der Waals surface area contributed by atoms with Crippen molar-refractivity contribution in [1.82, 2.24) is 4.57 Å². The van der Waals surface area contributed by atoms with Crippen LogP contribution < -0.4 is 0 Å². The Balaban J connectivity index is 2.71. The molecule has 0 saturated heterocycles. The first-order chi connectivity index (χ1) is 7.65. The second kappa shape index (κ2) is 3.86. The van der Waals surface area contributed by atoms with Crippen molar-refractivity contribution in [2.45, 2.75) is 20.8 Å². The van der Waals surface area contributed by atoms with Gasteiger partial charge < -0.3 is 4.57 Å². The van der Waals surface area contributed by atoms with Gasteiger partial charge in [-0.15, -0.1) is 0 Å². The lowest BCUT2D eigenvalue weighted by molar-refractivity contribution is 0.953. The largest absolute Gasteiger partial charge is 0.317 e. The number of hydrogen-bond donors (Lipinski definition) is 0. The average molecular weight is 210 g/mol. The van der Waals surface area contributed by atoms with Crippen LogP contribution in [0.4, 0.5) is 0 Å². The Labute approximate surface area is 95.8 Å². The predicted molar refractivity (Wildman–Crippen MR) is 64.7 cm³/mol. The summed E-state index contributed by atoms with van der Waals surface area (Å²) in [4.78, 5) is 0. The summed E-state index contributed by atoms with van der Waals surface area (Å²) in [7, 11) is 0. The maximum Gasteiger partial charge on any atom is 0.101 e. The van der Waals surface area contributed by atoms with E-state index < -0.39 is 0 Å². The molecule has 1 aromatic heterocycles. The quantitative estimate of drug-likeness (QED) is 0.710. The third-order valence-electron chi connectivity index (χ3n) is 2.91. The molecule has 1 aromatic carbocycles. The minimum atomic E-state index is 0.751. The van der Waals surface area contributed by atoms with Crippen molar-refractivity contribution in [3.05, 3.63) is 52.8 Å². The van der Waals surface area contributed by atoms with Crippen LogP contribution in [-0.2, 0) is 0 Å². The predicted octanol–water partition coefficient (Wildman–Crippen LogP) is 3.27. The van der Waals surface area contributed by atoms with Gasteiger partial charge >= 0.3 is 0 Å². The van der Waals surface area contributed by atoms with Gasteiger partial charge in [0.2, 0.25) is 0 Å². The molecule has 0 bridgehead atoms. The van der Waals surface area contributed by atoms with Crippen molar-refractivity contribution in [1.29, 1.82) is 5.26 Å². The van der Waals surface area contributed by atoms with E-state index in [1.807, 2.05) is 32.0 Å². The van der Waals surface area contributed by atoms with Gasteiger partial charge in [0.05, 0.1) is 5.56 Å². The van der Waals surface area contributed by atoms with E-state index in [0.717, 1.165) is 22.6 Å². The molecule has 2 rings (SSSR count). The van der Waals surface area contributed by atoms with Crippen LogP contribution >= 0.6 is 0 Å². The summed E-state index contributed by atoms with van der Waals surface area (Å²) in [5, 5.41) is 9.01. The number of hydrogen-bond acceptors (Lipinski definition) is 1. The Morgan fingerprint density at radius 2 is 1.81 bits per heavy atom. The van der Waals surface area contributed by atoms with Crippen molar-refractivity contribution < 1.29 is 0 Å². The molecule has 0 N–H and O–H groups in total. The van der Waals surface area contributed by atoms with Gasteiger partial charge in [-0.2, -0.15) is 5.26 Å². The summed E-state index contributed by atoms with van der Waals surface area (Å²) in [5.41, 5.74) is 5.23. The van der Waals surface area contributed by atoms with Crippen LogP contribution in [0.15, 0.2) is 30.3 Å². The van der Waals surface area contributed by atoms with Gasteiger partial charge in [-0.3, -0.25) is 0 Å². The third kappa shape index (κ3) is 1.51. The molecule has 0 fully saturated rings. The van der Waals surface area contributed by atoms with E-state index in [4.69, 9.17) is 5.26 Å². The fraction of sp³-hybridized carbons (Fsp3) is 0.214. The number of benzene rings is 1. The SMILES string of the molecule is Cc1ccccc1-n1c(C)cc(C#N)c1C. The Morgan fingerprint density at radius 3 is 2.38 bits per heavy atom. The van der Waals surface area contributed by atoms with E-state index in [1.165, 1.54) is 5.56 Å². The molecular formula is C14H14N2. The van der Waals surface area contributed by atoms with Crippen molar-refractivity contribution >= 4 is 0 Å². The lowest BCUT2D eigenvalue weighted by Gasteiger charge is -2.11. The zero-order chi connectivity index (χ0) is 11.7. The number of aryl methyl sites for hydroxylation is 2. The highest BCUT2D eigenvalue weighted by molar-refractivity contribution is 5.48. The Bertz CT molecular complexity index is 571. The molecule has 0 radical (unpaired) electrons. The Kier molecular flexibility index (Phi) is 2.54. The number of nitrogens with zero attached hydrogens (tertiary/aromatic N) is 2. The second-order valence-corrected chi connectivity index (χ2v) is 4.02. The normalized spacial score (nSPS) is 10.1. The molecule has 2 aromatic rings. The van der Waals surface area contributed by atoms with Crippen LogP contribution in [0.25, 0.3) is 5.69 Å². The van der Waals surface area contributed by atoms with Gasteiger partial charge in [0, 0.05) is 17.1 Å². The topological polar surface area (TPSA) is 28.7 Å². The van der Waals surface area contributed by atoms with Gasteiger partial charge in [0.25, 0.3) is 0 Å². The lowest BCUT2D eigenvalue weighted by Crippen LogP contribution is -2.01. The summed E-state index contributed by atoms with van der Waals surface area (Å²) in [6.07, 6.45) is 0. The third-order valence-corrected chi connectivity index (χ3v) is 2.91. The molecule has 0 saturated carbocycles. The maximum atomic E-state index is 9.01. The van der Waals surface area contributed by atoms with E-state index in [-0.39, 0.29) is 0 Å². The summed E-state index contributed by atoms with van der Waals surface area (Å²) in [6.45, 7) is 6.10. The second-order valence-electron chi connectivity index (χ2n) is 4.02. The van der Waals surface area contributed by atoms with E-state index >= 15 is 0 Å². The number of aromatic nitrogens is 1. The highest BCUT2D eigenvalue weighted by Gasteiger charge is 2.10. The molecule has 0 spiro atoms. The van der Waals surface area contributed by atoms with Crippen LogP contribution in [0.2, 0.25) is 0 Å². The van der Waals surface area contributed by atoms with Gasteiger partial charge in [-0.1, -0.05) is 18.2 Å². The van der Waals surface area contributed by atoms with E-state index in [9.17, 15) is 0 Å². The molecule has 80 valence electrons. The number of nitriles is 1. The summed E-state index contributed by atoms with van der Waals surface area (Å²) in [6, 6.07) is 12.4. The molecule has 1 heterocycles. The maximum absolute atomic E-state index is 9.01. The van der Waals surface area contributed by atoms with Gasteiger partial charge in [0.1, 0.15) is 6.07 Å². The molecule has 0 atom stereocenters. The lowest BCUT2D eigenvalue weighted by atomic mass is 10.2. The Hall–Kier alpha value is -2.01. The first-order valence-corrected chi connectivity index (χ1v) is 5.30. The number of rotatable bonds is 1. The molecule has 0 unspecified atom stereocenters. The van der Waals surface area contributed by atoms with E-state index in [0.29, 0.717) is 0 Å². The molecule has 0 aliphatic rings. The highest BCUT2D eigenvalue weighted by atomic mass is 15.0. The zero-order valence-corrected chi connectivity index (χ0v) is 9.78. The summed E-state index contributed by atoms with van der Waals surface area (Å²) >= 11 is 0. The molecular weight excluding hydrogens is 196 g/mol. The highest BCUT2D eigenvalue weighted by Crippen LogP contribution is 2.22. The van der Waals surface area contributed by atoms with E-state index in [2.05, 4.69) is 29.7 Å². The standard InChI is InChI=1S/C14H14N2/c1-10-6-4-5-7-14(10)16-11(2)8-13(9-15)12(16)3/h4-8H,1-3H3. The van der Waals surface area contributed by atoms with Crippen molar-refractivity contribution in [3.8, 4) is 11.8 Å². The zero-order valence-electron chi connectivity index (χ0n) is 9.78. The fourth-order valence-corrected chi connectivity index (χ4v) is 2.06. The van der Waals surface area contributed by atoms with Crippen LogP contribution in [0.3, 0.4) is 0 Å². The van der Waals surface area contributed by atoms with Crippen molar-refractivity contribution in [3.63, 3.8) is 0 Å².